The molecule has 128 valence electrons. The molecule has 1 heterocycles. The number of nitrogens with zero attached hydrogens (tertiary/aromatic N) is 2. The molecular formula is C18H28FN3O. The fraction of sp³-hybridized carbons (Fsp3) is 0.611. The summed E-state index contributed by atoms with van der Waals surface area (Å²) in [6.07, 6.45) is 1.67. The molecule has 0 unspecified atom stereocenters. The molecule has 5 heteroatoms. The van der Waals surface area contributed by atoms with Crippen LogP contribution >= 0.6 is 0 Å². The number of hydrogen-bond acceptors (Lipinski definition) is 3. The standard InChI is InChI=1S/C18H28FN3O/c1-15(2)20-18(23)8-11-21-9-3-10-22(13-12-21)14-16-4-6-17(19)7-5-16/h4-7,15H,3,8-14H2,1-2H3,(H,20,23). The zero-order valence-electron chi connectivity index (χ0n) is 14.2. The van der Waals surface area contributed by atoms with Gasteiger partial charge in [0.2, 0.25) is 5.91 Å². The Kier molecular flexibility index (Phi) is 6.99. The summed E-state index contributed by atoms with van der Waals surface area (Å²) in [4.78, 5) is 16.5. The number of hydrogen-bond donors (Lipinski definition) is 1. The first-order valence-corrected chi connectivity index (χ1v) is 8.51. The van der Waals surface area contributed by atoms with Crippen LogP contribution in [0, 0.1) is 5.82 Å². The van der Waals surface area contributed by atoms with Crippen molar-refractivity contribution in [2.24, 2.45) is 0 Å². The van der Waals surface area contributed by atoms with Gasteiger partial charge in [0.15, 0.2) is 0 Å². The highest BCUT2D eigenvalue weighted by atomic mass is 19.1. The third-order valence-electron chi connectivity index (χ3n) is 4.11. The van der Waals surface area contributed by atoms with Crippen molar-refractivity contribution < 1.29 is 9.18 Å². The van der Waals surface area contributed by atoms with Crippen LogP contribution in [0.1, 0.15) is 32.3 Å². The number of benzene rings is 1. The van der Waals surface area contributed by atoms with Gasteiger partial charge in [-0.3, -0.25) is 9.69 Å². The molecule has 0 atom stereocenters. The Labute approximate surface area is 138 Å². The molecule has 0 bridgehead atoms. The molecule has 23 heavy (non-hydrogen) atoms. The van der Waals surface area contributed by atoms with Crippen molar-refractivity contribution in [3.05, 3.63) is 35.6 Å². The van der Waals surface area contributed by atoms with Crippen LogP contribution in [0.5, 0.6) is 0 Å². The van der Waals surface area contributed by atoms with Crippen molar-refractivity contribution in [1.29, 1.82) is 0 Å². The number of rotatable bonds is 6. The molecule has 0 aliphatic carbocycles. The average molecular weight is 321 g/mol. The van der Waals surface area contributed by atoms with Crippen LogP contribution in [-0.2, 0) is 11.3 Å². The van der Waals surface area contributed by atoms with Gasteiger partial charge in [-0.15, -0.1) is 0 Å². The Hall–Kier alpha value is -1.46. The highest BCUT2D eigenvalue weighted by Gasteiger charge is 2.16. The van der Waals surface area contributed by atoms with Crippen molar-refractivity contribution in [1.82, 2.24) is 15.1 Å². The molecule has 0 saturated carbocycles. The number of nitrogens with one attached hydrogen (secondary N) is 1. The summed E-state index contributed by atoms with van der Waals surface area (Å²) in [6, 6.07) is 6.96. The van der Waals surface area contributed by atoms with E-state index in [1.54, 1.807) is 0 Å². The summed E-state index contributed by atoms with van der Waals surface area (Å²) in [5.74, 6) is -0.0529. The summed E-state index contributed by atoms with van der Waals surface area (Å²) in [7, 11) is 0. The van der Waals surface area contributed by atoms with E-state index in [1.165, 1.54) is 12.1 Å². The second-order valence-corrected chi connectivity index (χ2v) is 6.57. The van der Waals surface area contributed by atoms with Crippen molar-refractivity contribution in [3.8, 4) is 0 Å². The zero-order valence-corrected chi connectivity index (χ0v) is 14.2. The molecule has 1 aliphatic rings. The van der Waals surface area contributed by atoms with Gasteiger partial charge < -0.3 is 10.2 Å². The van der Waals surface area contributed by atoms with Gasteiger partial charge in [0, 0.05) is 38.6 Å². The van der Waals surface area contributed by atoms with Gasteiger partial charge in [-0.25, -0.2) is 4.39 Å². The maximum Gasteiger partial charge on any atom is 0.221 e. The van der Waals surface area contributed by atoms with E-state index in [4.69, 9.17) is 0 Å². The monoisotopic (exact) mass is 321 g/mol. The lowest BCUT2D eigenvalue weighted by Gasteiger charge is -2.22. The van der Waals surface area contributed by atoms with E-state index < -0.39 is 0 Å². The van der Waals surface area contributed by atoms with Gasteiger partial charge >= 0.3 is 0 Å². The third-order valence-corrected chi connectivity index (χ3v) is 4.11. The van der Waals surface area contributed by atoms with Gasteiger partial charge in [0.05, 0.1) is 0 Å². The van der Waals surface area contributed by atoms with E-state index in [2.05, 4.69) is 15.1 Å². The fourth-order valence-electron chi connectivity index (χ4n) is 2.91. The summed E-state index contributed by atoms with van der Waals surface area (Å²) in [5, 5.41) is 2.94. The van der Waals surface area contributed by atoms with Crippen molar-refractivity contribution in [2.75, 3.05) is 32.7 Å². The van der Waals surface area contributed by atoms with Gasteiger partial charge in [0.25, 0.3) is 0 Å². The maximum absolute atomic E-state index is 13.0. The third kappa shape index (κ3) is 6.67. The lowest BCUT2D eigenvalue weighted by molar-refractivity contribution is -0.121. The summed E-state index contributed by atoms with van der Waals surface area (Å²) >= 11 is 0. The van der Waals surface area contributed by atoms with Crippen LogP contribution < -0.4 is 5.32 Å². The lowest BCUT2D eigenvalue weighted by atomic mass is 10.2. The first kappa shape index (κ1) is 17.9. The molecule has 1 aromatic carbocycles. The Bertz CT molecular complexity index is 490. The smallest absolute Gasteiger partial charge is 0.221 e. The van der Waals surface area contributed by atoms with Crippen LogP contribution in [-0.4, -0.2) is 54.5 Å². The largest absolute Gasteiger partial charge is 0.354 e. The van der Waals surface area contributed by atoms with E-state index >= 15 is 0 Å². The Balaban J connectivity index is 1.73. The Morgan fingerprint density at radius 1 is 1.13 bits per heavy atom. The molecule has 0 spiro atoms. The van der Waals surface area contributed by atoms with E-state index in [-0.39, 0.29) is 17.8 Å². The van der Waals surface area contributed by atoms with Crippen LogP contribution in [0.2, 0.25) is 0 Å². The average Bonchev–Trinajstić information content (AvgIpc) is 2.72. The zero-order chi connectivity index (χ0) is 16.7. The molecule has 1 aliphatic heterocycles. The maximum atomic E-state index is 13.0. The minimum absolute atomic E-state index is 0.132. The molecule has 1 saturated heterocycles. The predicted octanol–water partition coefficient (Wildman–Crippen LogP) is 2.25. The second-order valence-electron chi connectivity index (χ2n) is 6.57. The predicted molar refractivity (Wildman–Crippen MR) is 90.6 cm³/mol. The summed E-state index contributed by atoms with van der Waals surface area (Å²) in [5.41, 5.74) is 1.15. The highest BCUT2D eigenvalue weighted by Crippen LogP contribution is 2.10. The summed E-state index contributed by atoms with van der Waals surface area (Å²) in [6.45, 7) is 9.71. The van der Waals surface area contributed by atoms with Crippen molar-refractivity contribution >= 4 is 5.91 Å². The van der Waals surface area contributed by atoms with Crippen LogP contribution in [0.3, 0.4) is 0 Å². The molecule has 1 aromatic rings. The van der Waals surface area contributed by atoms with Gasteiger partial charge in [-0.2, -0.15) is 0 Å². The van der Waals surface area contributed by atoms with Crippen molar-refractivity contribution in [3.63, 3.8) is 0 Å². The second kappa shape index (κ2) is 8.99. The normalized spacial score (nSPS) is 17.2. The van der Waals surface area contributed by atoms with Crippen LogP contribution in [0.25, 0.3) is 0 Å². The number of carbonyl (C=O) groups excluding carboxylic acids is 1. The van der Waals surface area contributed by atoms with Gasteiger partial charge in [0.1, 0.15) is 5.82 Å². The molecule has 0 radical (unpaired) electrons. The number of halogens is 1. The molecule has 1 amide bonds. The lowest BCUT2D eigenvalue weighted by Crippen LogP contribution is -2.35. The SMILES string of the molecule is CC(C)NC(=O)CCN1CCCN(Cc2ccc(F)cc2)CC1. The molecule has 1 N–H and O–H groups in total. The first-order chi connectivity index (χ1) is 11.0. The molecule has 2 rings (SSSR count). The number of carbonyl (C=O) groups is 1. The van der Waals surface area contributed by atoms with Gasteiger partial charge in [-0.05, 0) is 51.1 Å². The topological polar surface area (TPSA) is 35.6 Å². The van der Waals surface area contributed by atoms with Crippen molar-refractivity contribution in [2.45, 2.75) is 39.3 Å². The Morgan fingerprint density at radius 3 is 2.48 bits per heavy atom. The first-order valence-electron chi connectivity index (χ1n) is 8.51. The fourth-order valence-corrected chi connectivity index (χ4v) is 2.91. The quantitative estimate of drug-likeness (QED) is 0.873. The minimum Gasteiger partial charge on any atom is -0.354 e. The van der Waals surface area contributed by atoms with Crippen LogP contribution in [0.4, 0.5) is 4.39 Å². The van der Waals surface area contributed by atoms with Gasteiger partial charge in [-0.1, -0.05) is 12.1 Å². The van der Waals surface area contributed by atoms with Crippen LogP contribution in [0.15, 0.2) is 24.3 Å². The van der Waals surface area contributed by atoms with E-state index in [1.807, 2.05) is 26.0 Å². The Morgan fingerprint density at radius 2 is 1.78 bits per heavy atom. The summed E-state index contributed by atoms with van der Waals surface area (Å²) < 4.78 is 13.0. The molecule has 4 nitrogen and oxygen atoms in total. The molecule has 1 fully saturated rings. The number of amides is 1. The van der Waals surface area contributed by atoms with E-state index in [0.29, 0.717) is 6.42 Å². The highest BCUT2D eigenvalue weighted by molar-refractivity contribution is 5.76. The van der Waals surface area contributed by atoms with E-state index in [9.17, 15) is 9.18 Å². The van der Waals surface area contributed by atoms with E-state index in [0.717, 1.165) is 51.3 Å². The molecular weight excluding hydrogens is 293 g/mol. The minimum atomic E-state index is -0.185. The molecule has 0 aromatic heterocycles.